The fraction of sp³-hybridized carbons (Fsp3) is 0.235. The van der Waals surface area contributed by atoms with E-state index < -0.39 is 17.6 Å². The smallest absolute Gasteiger partial charge is 0.266 e. The summed E-state index contributed by atoms with van der Waals surface area (Å²) in [5.41, 5.74) is 18.4. The van der Waals surface area contributed by atoms with E-state index in [0.717, 1.165) is 16.7 Å². The lowest BCUT2D eigenvalue weighted by Gasteiger charge is -2.31. The lowest BCUT2D eigenvalue weighted by molar-refractivity contribution is -0.130. The number of hydrogen-bond donors (Lipinski definition) is 3. The van der Waals surface area contributed by atoms with Gasteiger partial charge in [0, 0.05) is 47.7 Å². The van der Waals surface area contributed by atoms with Crippen molar-refractivity contribution in [2.24, 2.45) is 10.1 Å². The van der Waals surface area contributed by atoms with E-state index in [4.69, 9.17) is 19.6 Å². The summed E-state index contributed by atoms with van der Waals surface area (Å²) >= 11 is 0. The first-order chi connectivity index (χ1) is 21.5. The number of benzene rings is 4. The highest BCUT2D eigenvalue weighted by atomic mass is 16.5. The summed E-state index contributed by atoms with van der Waals surface area (Å²) in [4.78, 5) is 22.4. The minimum Gasteiger partial charge on any atom is -0.494 e. The molecule has 3 N–H and O–H groups in total. The van der Waals surface area contributed by atoms with E-state index in [-0.39, 0.29) is 18.9 Å². The number of aliphatic hydroxyl groups is 1. The standard InChI is InChI=1S/C34H34N6O4/c1-24-9-7-12-26(21-24)23-36-39-33(42)34(22-25-10-3-2-4-11-25)31(29-13-5-6-14-30(29)38-40-35)44-32(37-34)27-15-17-28(18-16-27)43-20-8-19-41/h2-7,9-18,21,31,36,41H,8,19-20,22-23H2,1H3,(H,39,42)/t31-,34-/m0/s1. The number of carbonyl (C=O) groups is 1. The maximum Gasteiger partial charge on any atom is 0.266 e. The SMILES string of the molecule is Cc1cccc(CNNC(=O)[C@@]2(Cc3ccccc3)N=C(c3ccc(OCCCO)cc3)O[C@H]2c2ccccc2N=[N+]=[N-])c1. The molecule has 0 spiro atoms. The van der Waals surface area contributed by atoms with Gasteiger partial charge >= 0.3 is 0 Å². The molecule has 0 unspecified atom stereocenters. The molecule has 0 saturated heterocycles. The molecule has 10 heteroatoms. The number of rotatable bonds is 13. The van der Waals surface area contributed by atoms with Crippen molar-refractivity contribution in [1.29, 1.82) is 0 Å². The van der Waals surface area contributed by atoms with Gasteiger partial charge < -0.3 is 14.6 Å². The van der Waals surface area contributed by atoms with Crippen LogP contribution in [0.5, 0.6) is 5.75 Å². The molecule has 0 radical (unpaired) electrons. The lowest BCUT2D eigenvalue weighted by atomic mass is 9.81. The van der Waals surface area contributed by atoms with Crippen LogP contribution in [0.15, 0.2) is 113 Å². The maximum absolute atomic E-state index is 14.4. The second-order valence-electron chi connectivity index (χ2n) is 10.5. The molecule has 4 aromatic carbocycles. The average molecular weight is 591 g/mol. The molecule has 4 aromatic rings. The molecule has 224 valence electrons. The van der Waals surface area contributed by atoms with Crippen LogP contribution in [-0.4, -0.2) is 35.7 Å². The first-order valence-corrected chi connectivity index (χ1v) is 14.4. The van der Waals surface area contributed by atoms with E-state index in [2.05, 4.69) is 20.9 Å². The normalized spacial score (nSPS) is 17.2. The van der Waals surface area contributed by atoms with E-state index in [1.807, 2.05) is 79.7 Å². The Morgan fingerprint density at radius 1 is 1.02 bits per heavy atom. The topological polar surface area (TPSA) is 141 Å². The summed E-state index contributed by atoms with van der Waals surface area (Å²) in [7, 11) is 0. The fourth-order valence-corrected chi connectivity index (χ4v) is 5.17. The summed E-state index contributed by atoms with van der Waals surface area (Å²) in [6, 6.07) is 31.9. The molecule has 10 nitrogen and oxygen atoms in total. The molecule has 1 aliphatic rings. The molecule has 0 aliphatic carbocycles. The molecular weight excluding hydrogens is 556 g/mol. The molecule has 5 rings (SSSR count). The van der Waals surface area contributed by atoms with E-state index >= 15 is 0 Å². The van der Waals surface area contributed by atoms with Gasteiger partial charge in [-0.25, -0.2) is 10.4 Å². The highest BCUT2D eigenvalue weighted by Crippen LogP contribution is 2.45. The molecule has 0 fully saturated rings. The molecule has 2 atom stereocenters. The summed E-state index contributed by atoms with van der Waals surface area (Å²) in [5, 5.41) is 13.0. The Hall–Kier alpha value is -5.15. The number of aryl methyl sites for hydroxylation is 1. The minimum atomic E-state index is -1.46. The molecule has 1 amide bonds. The summed E-state index contributed by atoms with van der Waals surface area (Å²) in [5.74, 6) is 0.519. The summed E-state index contributed by atoms with van der Waals surface area (Å²) in [6.07, 6.45) is -0.174. The van der Waals surface area contributed by atoms with Crippen molar-refractivity contribution < 1.29 is 19.4 Å². The van der Waals surface area contributed by atoms with E-state index in [1.165, 1.54) is 0 Å². The third-order valence-electron chi connectivity index (χ3n) is 7.29. The number of aliphatic imine (C=N–C) groups is 1. The minimum absolute atomic E-state index is 0.0485. The Bertz CT molecular complexity index is 1650. The Morgan fingerprint density at radius 3 is 2.52 bits per heavy atom. The number of amides is 1. The van der Waals surface area contributed by atoms with Gasteiger partial charge in [0.2, 0.25) is 5.90 Å². The quantitative estimate of drug-likeness (QED) is 0.0574. The van der Waals surface area contributed by atoms with Crippen LogP contribution < -0.4 is 15.6 Å². The van der Waals surface area contributed by atoms with Gasteiger partial charge in [-0.05, 0) is 47.8 Å². The number of azide groups is 1. The van der Waals surface area contributed by atoms with Crippen LogP contribution in [0.1, 0.15) is 40.3 Å². The predicted octanol–water partition coefficient (Wildman–Crippen LogP) is 6.02. The zero-order valence-electron chi connectivity index (χ0n) is 24.4. The van der Waals surface area contributed by atoms with Gasteiger partial charge in [-0.15, -0.1) is 0 Å². The lowest BCUT2D eigenvalue weighted by Crippen LogP contribution is -2.53. The van der Waals surface area contributed by atoms with Crippen LogP contribution in [0, 0.1) is 6.92 Å². The van der Waals surface area contributed by atoms with E-state index in [9.17, 15) is 10.3 Å². The van der Waals surface area contributed by atoms with Crippen LogP contribution in [0.2, 0.25) is 0 Å². The largest absolute Gasteiger partial charge is 0.494 e. The van der Waals surface area contributed by atoms with Crippen molar-refractivity contribution in [3.63, 3.8) is 0 Å². The average Bonchev–Trinajstić information content (AvgIpc) is 3.42. The number of aliphatic hydroxyl groups excluding tert-OH is 1. The van der Waals surface area contributed by atoms with Gasteiger partial charge in [0.15, 0.2) is 11.6 Å². The number of hydrazine groups is 1. The Morgan fingerprint density at radius 2 is 1.77 bits per heavy atom. The Labute approximate surface area is 256 Å². The first kappa shape index (κ1) is 30.3. The molecule has 1 aliphatic heterocycles. The number of nitrogens with zero attached hydrogens (tertiary/aromatic N) is 4. The van der Waals surface area contributed by atoms with Gasteiger partial charge in [-0.1, -0.05) is 89.5 Å². The number of carbonyl (C=O) groups excluding carboxylic acids is 1. The highest BCUT2D eigenvalue weighted by molar-refractivity contribution is 6.01. The van der Waals surface area contributed by atoms with Crippen molar-refractivity contribution in [3.8, 4) is 5.75 Å². The van der Waals surface area contributed by atoms with Gasteiger partial charge in [-0.2, -0.15) is 0 Å². The Balaban J connectivity index is 1.55. The van der Waals surface area contributed by atoms with Crippen LogP contribution in [0.25, 0.3) is 10.4 Å². The predicted molar refractivity (Wildman–Crippen MR) is 168 cm³/mol. The van der Waals surface area contributed by atoms with Gasteiger partial charge in [-0.3, -0.25) is 10.2 Å². The van der Waals surface area contributed by atoms with Crippen LogP contribution in [0.3, 0.4) is 0 Å². The van der Waals surface area contributed by atoms with Gasteiger partial charge in [0.05, 0.1) is 6.61 Å². The van der Waals surface area contributed by atoms with Crippen molar-refractivity contribution in [3.05, 3.63) is 141 Å². The van der Waals surface area contributed by atoms with Crippen molar-refractivity contribution >= 4 is 17.5 Å². The van der Waals surface area contributed by atoms with Crippen molar-refractivity contribution in [2.45, 2.75) is 38.0 Å². The van der Waals surface area contributed by atoms with Crippen LogP contribution >= 0.6 is 0 Å². The summed E-state index contributed by atoms with van der Waals surface area (Å²) < 4.78 is 12.2. The van der Waals surface area contributed by atoms with E-state index in [0.29, 0.717) is 42.1 Å². The monoisotopic (exact) mass is 590 g/mol. The van der Waals surface area contributed by atoms with Crippen molar-refractivity contribution in [2.75, 3.05) is 13.2 Å². The molecule has 0 saturated carbocycles. The second-order valence-corrected chi connectivity index (χ2v) is 10.5. The third kappa shape index (κ3) is 7.07. The van der Waals surface area contributed by atoms with Crippen LogP contribution in [0.4, 0.5) is 5.69 Å². The van der Waals surface area contributed by atoms with E-state index in [1.54, 1.807) is 30.3 Å². The molecular formula is C34H34N6O4. The molecule has 0 aromatic heterocycles. The van der Waals surface area contributed by atoms with Crippen LogP contribution in [-0.2, 0) is 22.5 Å². The highest BCUT2D eigenvalue weighted by Gasteiger charge is 2.54. The Kier molecular flexibility index (Phi) is 9.89. The second kappa shape index (κ2) is 14.3. The first-order valence-electron chi connectivity index (χ1n) is 14.4. The number of hydrogen-bond acceptors (Lipinski definition) is 7. The fourth-order valence-electron chi connectivity index (χ4n) is 5.17. The zero-order valence-corrected chi connectivity index (χ0v) is 24.4. The molecule has 44 heavy (non-hydrogen) atoms. The number of nitrogens with one attached hydrogen (secondary N) is 2. The maximum atomic E-state index is 14.4. The number of ether oxygens (including phenoxy) is 2. The third-order valence-corrected chi connectivity index (χ3v) is 7.29. The molecule has 1 heterocycles. The summed E-state index contributed by atoms with van der Waals surface area (Å²) in [6.45, 7) is 2.86. The molecule has 0 bridgehead atoms. The van der Waals surface area contributed by atoms with Gasteiger partial charge in [0.25, 0.3) is 5.91 Å². The van der Waals surface area contributed by atoms with Crippen molar-refractivity contribution in [1.82, 2.24) is 10.9 Å². The zero-order chi connectivity index (χ0) is 30.8. The van der Waals surface area contributed by atoms with Gasteiger partial charge in [0.1, 0.15) is 5.75 Å².